The lowest BCUT2D eigenvalue weighted by Gasteiger charge is -2.34. The molecule has 28 heavy (non-hydrogen) atoms. The molecule has 1 aliphatic heterocycles. The molecule has 0 bridgehead atoms. The van der Waals surface area contributed by atoms with E-state index >= 15 is 0 Å². The molecule has 0 aliphatic carbocycles. The van der Waals surface area contributed by atoms with Gasteiger partial charge >= 0.3 is 6.18 Å². The Morgan fingerprint density at radius 3 is 2.32 bits per heavy atom. The summed E-state index contributed by atoms with van der Waals surface area (Å²) in [5, 5.41) is 29.0. The highest BCUT2D eigenvalue weighted by atomic mass is 19.4. The van der Waals surface area contributed by atoms with Gasteiger partial charge in [-0.15, -0.1) is 0 Å². The summed E-state index contributed by atoms with van der Waals surface area (Å²) in [5.41, 5.74) is -0.633. The molecule has 0 aromatic heterocycles. The van der Waals surface area contributed by atoms with Crippen molar-refractivity contribution in [3.63, 3.8) is 0 Å². The van der Waals surface area contributed by atoms with E-state index in [4.69, 9.17) is 9.47 Å². The third-order valence-corrected chi connectivity index (χ3v) is 4.28. The maximum Gasteiger partial charge on any atom is 0.416 e. The van der Waals surface area contributed by atoms with Crippen LogP contribution in [0.5, 0.6) is 5.75 Å². The molecule has 0 radical (unpaired) electrons. The van der Waals surface area contributed by atoms with Gasteiger partial charge in [0, 0.05) is 11.1 Å². The van der Waals surface area contributed by atoms with Gasteiger partial charge in [0.1, 0.15) is 24.1 Å². The molecule has 1 fully saturated rings. The van der Waals surface area contributed by atoms with Gasteiger partial charge in [-0.25, -0.2) is 0 Å². The number of ether oxygens (including phenoxy) is 2. The van der Waals surface area contributed by atoms with Crippen LogP contribution in [0.4, 0.5) is 13.2 Å². The fraction of sp³-hybridized carbons (Fsp3) is 0.316. The summed E-state index contributed by atoms with van der Waals surface area (Å²) in [5.74, 6) is -0.370. The number of hydrogen-bond acceptors (Lipinski definition) is 6. The highest BCUT2D eigenvalue weighted by molar-refractivity contribution is 6.09. The van der Waals surface area contributed by atoms with E-state index in [-0.39, 0.29) is 23.5 Å². The van der Waals surface area contributed by atoms with Crippen molar-refractivity contribution >= 4 is 5.78 Å². The maximum absolute atomic E-state index is 12.6. The van der Waals surface area contributed by atoms with Crippen molar-refractivity contribution in [2.75, 3.05) is 6.61 Å². The number of carbonyl (C=O) groups is 1. The van der Waals surface area contributed by atoms with E-state index in [9.17, 15) is 33.3 Å². The van der Waals surface area contributed by atoms with Crippen LogP contribution in [0.25, 0.3) is 0 Å². The molecule has 2 aromatic rings. The smallest absolute Gasteiger partial charge is 0.416 e. The van der Waals surface area contributed by atoms with Gasteiger partial charge in [0.15, 0.2) is 5.78 Å². The fourth-order valence-electron chi connectivity index (χ4n) is 2.70. The number of ketones is 1. The van der Waals surface area contributed by atoms with E-state index in [1.807, 2.05) is 0 Å². The number of halogens is 3. The molecule has 4 atom stereocenters. The van der Waals surface area contributed by atoms with Crippen LogP contribution in [0, 0.1) is 0 Å². The Morgan fingerprint density at radius 1 is 1.00 bits per heavy atom. The highest BCUT2D eigenvalue weighted by Gasteiger charge is 2.39. The average molecular weight is 398 g/mol. The number of aliphatic hydroxyl groups excluding tert-OH is 3. The van der Waals surface area contributed by atoms with E-state index in [1.165, 1.54) is 24.3 Å². The van der Waals surface area contributed by atoms with Crippen molar-refractivity contribution < 1.29 is 42.8 Å². The molecule has 0 amide bonds. The Balaban J connectivity index is 1.75. The number of hydrogen-bond donors (Lipinski definition) is 3. The minimum atomic E-state index is -4.49. The van der Waals surface area contributed by atoms with Crippen LogP contribution in [-0.4, -0.2) is 52.3 Å². The predicted molar refractivity (Wildman–Crippen MR) is 89.7 cm³/mol. The topological polar surface area (TPSA) is 96.2 Å². The molecule has 0 spiro atoms. The van der Waals surface area contributed by atoms with Gasteiger partial charge < -0.3 is 24.8 Å². The van der Waals surface area contributed by atoms with Crippen LogP contribution in [0.1, 0.15) is 21.5 Å². The quantitative estimate of drug-likeness (QED) is 0.680. The van der Waals surface area contributed by atoms with Gasteiger partial charge in [-0.2, -0.15) is 13.2 Å². The zero-order valence-electron chi connectivity index (χ0n) is 14.3. The molecule has 6 nitrogen and oxygen atoms in total. The SMILES string of the molecule is O=C(c1ccc(C(F)(F)F)cc1)c1cccc(O[C@@H]2OC[C@@H](O)[C@H](O)[C@H]2O)c1. The van der Waals surface area contributed by atoms with E-state index in [2.05, 4.69) is 0 Å². The summed E-state index contributed by atoms with van der Waals surface area (Å²) in [4.78, 5) is 12.5. The maximum atomic E-state index is 12.6. The number of carbonyl (C=O) groups excluding carboxylic acids is 1. The first-order valence-electron chi connectivity index (χ1n) is 8.31. The fourth-order valence-corrected chi connectivity index (χ4v) is 2.70. The molecule has 1 heterocycles. The van der Waals surface area contributed by atoms with Gasteiger partial charge in [-0.05, 0) is 24.3 Å². The Bertz CT molecular complexity index is 836. The van der Waals surface area contributed by atoms with Crippen LogP contribution in [-0.2, 0) is 10.9 Å². The summed E-state index contributed by atoms with van der Waals surface area (Å²) in [7, 11) is 0. The number of rotatable bonds is 4. The lowest BCUT2D eigenvalue weighted by molar-refractivity contribution is -0.242. The Kier molecular flexibility index (Phi) is 5.71. The molecule has 3 N–H and O–H groups in total. The number of benzene rings is 2. The molecular formula is C19H17F3O6. The Hall–Kier alpha value is -2.46. The lowest BCUT2D eigenvalue weighted by Crippen LogP contribution is -2.54. The van der Waals surface area contributed by atoms with Crippen LogP contribution >= 0.6 is 0 Å². The summed E-state index contributed by atoms with van der Waals surface area (Å²) in [6, 6.07) is 9.61. The van der Waals surface area contributed by atoms with Crippen molar-refractivity contribution in [1.29, 1.82) is 0 Å². The Morgan fingerprint density at radius 2 is 1.68 bits per heavy atom. The van der Waals surface area contributed by atoms with Crippen molar-refractivity contribution in [2.24, 2.45) is 0 Å². The van der Waals surface area contributed by atoms with Crippen molar-refractivity contribution in [3.05, 3.63) is 65.2 Å². The molecule has 3 rings (SSSR count). The predicted octanol–water partition coefficient (Wildman–Crippen LogP) is 1.75. The molecular weight excluding hydrogens is 381 g/mol. The molecule has 9 heteroatoms. The van der Waals surface area contributed by atoms with Crippen LogP contribution in [0.15, 0.2) is 48.5 Å². The molecule has 1 aliphatic rings. The van der Waals surface area contributed by atoms with Crippen molar-refractivity contribution in [1.82, 2.24) is 0 Å². The van der Waals surface area contributed by atoms with E-state index in [0.29, 0.717) is 0 Å². The third kappa shape index (κ3) is 4.33. The zero-order valence-corrected chi connectivity index (χ0v) is 14.3. The molecule has 150 valence electrons. The zero-order chi connectivity index (χ0) is 20.5. The summed E-state index contributed by atoms with van der Waals surface area (Å²) >= 11 is 0. The van der Waals surface area contributed by atoms with Crippen molar-refractivity contribution in [2.45, 2.75) is 30.8 Å². The summed E-state index contributed by atoms with van der Waals surface area (Å²) in [6.45, 7) is -0.243. The first kappa shape index (κ1) is 20.3. The van der Waals surface area contributed by atoms with Gasteiger partial charge in [-0.1, -0.05) is 24.3 Å². The highest BCUT2D eigenvalue weighted by Crippen LogP contribution is 2.29. The largest absolute Gasteiger partial charge is 0.462 e. The van der Waals surface area contributed by atoms with Gasteiger partial charge in [-0.3, -0.25) is 4.79 Å². The summed E-state index contributed by atoms with van der Waals surface area (Å²) in [6.07, 6.45) is -9.94. The number of alkyl halides is 3. The van der Waals surface area contributed by atoms with E-state index in [0.717, 1.165) is 24.3 Å². The second-order valence-electron chi connectivity index (χ2n) is 6.30. The molecule has 2 aromatic carbocycles. The van der Waals surface area contributed by atoms with Crippen LogP contribution in [0.2, 0.25) is 0 Å². The Labute approximate surface area is 157 Å². The average Bonchev–Trinajstić information content (AvgIpc) is 2.67. The van der Waals surface area contributed by atoms with Crippen LogP contribution < -0.4 is 4.74 Å². The molecule has 0 unspecified atom stereocenters. The van der Waals surface area contributed by atoms with Gasteiger partial charge in [0.2, 0.25) is 6.29 Å². The standard InChI is InChI=1S/C19H17F3O6/c20-19(21,22)12-6-4-10(5-7-12)15(24)11-2-1-3-13(8-11)28-18-17(26)16(25)14(23)9-27-18/h1-8,14,16-18,23,25-26H,9H2/t14-,16+,17-,18+/m1/s1. The second kappa shape index (κ2) is 7.88. The molecule has 1 saturated heterocycles. The summed E-state index contributed by atoms with van der Waals surface area (Å²) < 4.78 is 48.5. The minimum Gasteiger partial charge on any atom is -0.462 e. The first-order valence-corrected chi connectivity index (χ1v) is 8.31. The van der Waals surface area contributed by atoms with Crippen LogP contribution in [0.3, 0.4) is 0 Å². The van der Waals surface area contributed by atoms with Gasteiger partial charge in [0.25, 0.3) is 0 Å². The van der Waals surface area contributed by atoms with Crippen molar-refractivity contribution in [3.8, 4) is 5.75 Å². The normalized spacial score (nSPS) is 25.4. The number of aliphatic hydroxyl groups is 3. The third-order valence-electron chi connectivity index (χ3n) is 4.28. The molecule has 0 saturated carbocycles. The monoisotopic (exact) mass is 398 g/mol. The minimum absolute atomic E-state index is 0.0673. The van der Waals surface area contributed by atoms with E-state index in [1.54, 1.807) is 0 Å². The second-order valence-corrected chi connectivity index (χ2v) is 6.30. The lowest BCUT2D eigenvalue weighted by atomic mass is 10.0. The van der Waals surface area contributed by atoms with Gasteiger partial charge in [0.05, 0.1) is 12.2 Å². The first-order chi connectivity index (χ1) is 13.2. The van der Waals surface area contributed by atoms with E-state index < -0.39 is 42.1 Å².